The zero-order chi connectivity index (χ0) is 21.1. The van der Waals surface area contributed by atoms with Gasteiger partial charge in [0.15, 0.2) is 4.32 Å². The molecule has 1 fully saturated rings. The second-order valence-electron chi connectivity index (χ2n) is 7.25. The van der Waals surface area contributed by atoms with Gasteiger partial charge in [0.05, 0.1) is 10.6 Å². The van der Waals surface area contributed by atoms with Crippen molar-refractivity contribution in [2.75, 3.05) is 4.90 Å². The zero-order valence-electron chi connectivity index (χ0n) is 16.7. The number of rotatable bonds is 5. The molecule has 0 bridgehead atoms. The van der Waals surface area contributed by atoms with Crippen LogP contribution < -0.4 is 9.64 Å². The normalized spacial score (nSPS) is 15.3. The lowest BCUT2D eigenvalue weighted by Gasteiger charge is -2.15. The average molecular weight is 432 g/mol. The summed E-state index contributed by atoms with van der Waals surface area (Å²) in [6.07, 6.45) is 1.90. The maximum atomic E-state index is 13.0. The molecule has 1 heterocycles. The van der Waals surface area contributed by atoms with Crippen molar-refractivity contribution in [3.63, 3.8) is 0 Å². The Morgan fingerprint density at radius 2 is 1.53 bits per heavy atom. The van der Waals surface area contributed by atoms with Crippen LogP contribution in [-0.2, 0) is 4.79 Å². The fourth-order valence-electron chi connectivity index (χ4n) is 3.11. The number of carbonyl (C=O) groups is 1. The van der Waals surface area contributed by atoms with E-state index in [1.807, 2.05) is 72.8 Å². The fourth-order valence-corrected chi connectivity index (χ4v) is 4.41. The van der Waals surface area contributed by atoms with Crippen LogP contribution in [0.1, 0.15) is 30.9 Å². The molecule has 3 aromatic rings. The Labute approximate surface area is 186 Å². The van der Waals surface area contributed by atoms with Gasteiger partial charge >= 0.3 is 0 Å². The molecular formula is C25H21NO2S2. The van der Waals surface area contributed by atoms with E-state index in [0.29, 0.717) is 20.9 Å². The van der Waals surface area contributed by atoms with Gasteiger partial charge in [-0.3, -0.25) is 9.69 Å². The molecule has 1 aliphatic rings. The van der Waals surface area contributed by atoms with E-state index >= 15 is 0 Å². The Hall–Kier alpha value is -2.89. The van der Waals surface area contributed by atoms with Crippen molar-refractivity contribution >= 4 is 46.0 Å². The van der Waals surface area contributed by atoms with Gasteiger partial charge in [-0.05, 0) is 59.5 Å². The number of nitrogens with zero attached hydrogens (tertiary/aromatic N) is 1. The van der Waals surface area contributed by atoms with Crippen LogP contribution in [0.25, 0.3) is 6.08 Å². The third kappa shape index (κ3) is 4.48. The van der Waals surface area contributed by atoms with E-state index in [1.165, 1.54) is 17.3 Å². The van der Waals surface area contributed by atoms with Crippen LogP contribution in [0.3, 0.4) is 0 Å². The highest BCUT2D eigenvalue weighted by Gasteiger charge is 2.33. The molecule has 1 aliphatic heterocycles. The number of carbonyl (C=O) groups excluding carboxylic acids is 1. The summed E-state index contributed by atoms with van der Waals surface area (Å²) in [5, 5.41) is 0. The van der Waals surface area contributed by atoms with Gasteiger partial charge in [-0.25, -0.2) is 0 Å². The van der Waals surface area contributed by atoms with E-state index in [0.717, 1.165) is 17.0 Å². The summed E-state index contributed by atoms with van der Waals surface area (Å²) in [4.78, 5) is 15.2. The van der Waals surface area contributed by atoms with Crippen molar-refractivity contribution in [3.05, 3.63) is 94.9 Å². The third-order valence-corrected chi connectivity index (χ3v) is 6.07. The average Bonchev–Trinajstić information content (AvgIpc) is 3.03. The molecule has 0 saturated carbocycles. The first-order valence-corrected chi connectivity index (χ1v) is 10.9. The molecule has 0 atom stereocenters. The smallest absolute Gasteiger partial charge is 0.270 e. The van der Waals surface area contributed by atoms with Crippen LogP contribution in [0.2, 0.25) is 0 Å². The third-order valence-electron chi connectivity index (χ3n) is 4.77. The highest BCUT2D eigenvalue weighted by atomic mass is 32.2. The molecule has 30 heavy (non-hydrogen) atoms. The minimum Gasteiger partial charge on any atom is -0.457 e. The lowest BCUT2D eigenvalue weighted by atomic mass is 10.0. The van der Waals surface area contributed by atoms with E-state index in [4.69, 9.17) is 17.0 Å². The number of anilines is 1. The maximum absolute atomic E-state index is 13.0. The Morgan fingerprint density at radius 1 is 0.900 bits per heavy atom. The quantitative estimate of drug-likeness (QED) is 0.321. The van der Waals surface area contributed by atoms with Gasteiger partial charge in [0.1, 0.15) is 11.5 Å². The van der Waals surface area contributed by atoms with E-state index in [1.54, 1.807) is 4.90 Å². The predicted octanol–water partition coefficient (Wildman–Crippen LogP) is 7.01. The Morgan fingerprint density at radius 3 is 2.17 bits per heavy atom. The molecule has 0 N–H and O–H groups in total. The largest absolute Gasteiger partial charge is 0.457 e. The van der Waals surface area contributed by atoms with Crippen LogP contribution in [0.4, 0.5) is 5.69 Å². The summed E-state index contributed by atoms with van der Waals surface area (Å²) in [5.74, 6) is 1.85. The number of hydrogen-bond donors (Lipinski definition) is 0. The van der Waals surface area contributed by atoms with E-state index < -0.39 is 0 Å². The number of thiocarbonyl (C=S) groups is 1. The molecule has 5 heteroatoms. The molecule has 3 nitrogen and oxygen atoms in total. The van der Waals surface area contributed by atoms with Gasteiger partial charge in [-0.15, -0.1) is 0 Å². The Balaban J connectivity index is 1.51. The van der Waals surface area contributed by atoms with Crippen LogP contribution in [0.5, 0.6) is 11.5 Å². The van der Waals surface area contributed by atoms with Gasteiger partial charge in [-0.1, -0.05) is 80.3 Å². The van der Waals surface area contributed by atoms with Crippen molar-refractivity contribution in [1.82, 2.24) is 0 Å². The molecule has 0 spiro atoms. The molecule has 4 rings (SSSR count). The first-order chi connectivity index (χ1) is 14.5. The van der Waals surface area contributed by atoms with Crippen molar-refractivity contribution in [3.8, 4) is 11.5 Å². The van der Waals surface area contributed by atoms with E-state index in [-0.39, 0.29) is 5.91 Å². The summed E-state index contributed by atoms with van der Waals surface area (Å²) in [7, 11) is 0. The first kappa shape index (κ1) is 20.4. The van der Waals surface area contributed by atoms with Crippen molar-refractivity contribution in [2.45, 2.75) is 19.8 Å². The van der Waals surface area contributed by atoms with Crippen LogP contribution in [0, 0.1) is 0 Å². The molecule has 1 saturated heterocycles. The van der Waals surface area contributed by atoms with Gasteiger partial charge in [0.2, 0.25) is 0 Å². The van der Waals surface area contributed by atoms with Crippen LogP contribution in [0.15, 0.2) is 83.8 Å². The molecule has 150 valence electrons. The standard InChI is InChI=1S/C25H21NO2S2/c1-17(2)19-10-8-18(9-11-19)16-23-24(27)26(25(29)30-23)20-12-14-22(15-13-20)28-21-6-4-3-5-7-21/h3-17H,1-2H3/b23-16-. The lowest BCUT2D eigenvalue weighted by molar-refractivity contribution is -0.113. The second kappa shape index (κ2) is 8.86. The maximum Gasteiger partial charge on any atom is 0.270 e. The molecule has 0 aromatic heterocycles. The van der Waals surface area contributed by atoms with Crippen molar-refractivity contribution in [2.24, 2.45) is 0 Å². The molecule has 1 amide bonds. The van der Waals surface area contributed by atoms with Gasteiger partial charge in [0, 0.05) is 0 Å². The molecule has 0 radical (unpaired) electrons. The van der Waals surface area contributed by atoms with Crippen molar-refractivity contribution in [1.29, 1.82) is 0 Å². The Bertz CT molecular complexity index is 1090. The Kier molecular flexibility index (Phi) is 6.02. The van der Waals surface area contributed by atoms with Gasteiger partial charge in [-0.2, -0.15) is 0 Å². The van der Waals surface area contributed by atoms with Crippen LogP contribution in [-0.4, -0.2) is 10.2 Å². The number of hydrogen-bond acceptors (Lipinski definition) is 4. The van der Waals surface area contributed by atoms with E-state index in [2.05, 4.69) is 26.0 Å². The highest BCUT2D eigenvalue weighted by Crippen LogP contribution is 2.37. The number of amides is 1. The summed E-state index contributed by atoms with van der Waals surface area (Å²) in [6.45, 7) is 4.33. The summed E-state index contributed by atoms with van der Waals surface area (Å²) in [5.41, 5.74) is 3.00. The van der Waals surface area contributed by atoms with Crippen molar-refractivity contribution < 1.29 is 9.53 Å². The minimum atomic E-state index is -0.102. The second-order valence-corrected chi connectivity index (χ2v) is 8.92. The SMILES string of the molecule is CC(C)c1ccc(/C=C2\SC(=S)N(c3ccc(Oc4ccccc4)cc3)C2=O)cc1. The molecule has 3 aromatic carbocycles. The topological polar surface area (TPSA) is 29.5 Å². The van der Waals surface area contributed by atoms with Crippen LogP contribution >= 0.6 is 24.0 Å². The van der Waals surface area contributed by atoms with Gasteiger partial charge < -0.3 is 4.74 Å². The molecule has 0 aliphatic carbocycles. The number of para-hydroxylation sites is 1. The lowest BCUT2D eigenvalue weighted by Crippen LogP contribution is -2.27. The summed E-state index contributed by atoms with van der Waals surface area (Å²) < 4.78 is 6.35. The first-order valence-electron chi connectivity index (χ1n) is 9.72. The number of ether oxygens (including phenoxy) is 1. The number of thioether (sulfide) groups is 1. The van der Waals surface area contributed by atoms with Gasteiger partial charge in [0.25, 0.3) is 5.91 Å². The molecule has 0 unspecified atom stereocenters. The monoisotopic (exact) mass is 431 g/mol. The minimum absolute atomic E-state index is 0.102. The predicted molar refractivity (Wildman–Crippen MR) is 129 cm³/mol. The zero-order valence-corrected chi connectivity index (χ0v) is 18.4. The fraction of sp³-hybridized carbons (Fsp3) is 0.120. The summed E-state index contributed by atoms with van der Waals surface area (Å²) in [6, 6.07) is 25.2. The van der Waals surface area contributed by atoms with E-state index in [9.17, 15) is 4.79 Å². The molecular weight excluding hydrogens is 410 g/mol. The number of benzene rings is 3. The summed E-state index contributed by atoms with van der Waals surface area (Å²) >= 11 is 6.81. The highest BCUT2D eigenvalue weighted by molar-refractivity contribution is 8.27.